The predicted molar refractivity (Wildman–Crippen MR) is 129 cm³/mol. The Kier molecular flexibility index (Phi) is 6.61. The number of hydrogen-bond donors (Lipinski definition) is 2. The van der Waals surface area contributed by atoms with Crippen LogP contribution in [0.2, 0.25) is 6.32 Å². The van der Waals surface area contributed by atoms with E-state index in [0.29, 0.717) is 12.8 Å². The minimum absolute atomic E-state index is 0.0616. The van der Waals surface area contributed by atoms with Gasteiger partial charge < -0.3 is 14.8 Å². The largest absolute Gasteiger partial charge is 0.508 e. The number of hydrogen-bond acceptors (Lipinski definition) is 5. The monoisotopic (exact) mass is 452 g/mol. The van der Waals surface area contributed by atoms with E-state index in [4.69, 9.17) is 4.65 Å². The molecule has 32 heavy (non-hydrogen) atoms. The highest BCUT2D eigenvalue weighted by Crippen LogP contribution is 2.42. The Hall–Kier alpha value is -2.35. The molecule has 2 N–H and O–H groups in total. The van der Waals surface area contributed by atoms with Crippen LogP contribution in [0.3, 0.4) is 0 Å². The zero-order valence-corrected chi connectivity index (χ0v) is 19.3. The van der Waals surface area contributed by atoms with E-state index in [1.54, 1.807) is 12.1 Å². The molecule has 2 aromatic carbocycles. The summed E-state index contributed by atoms with van der Waals surface area (Å²) in [5.41, 5.74) is 4.93. The van der Waals surface area contributed by atoms with Crippen molar-refractivity contribution in [2.45, 2.75) is 44.4 Å². The van der Waals surface area contributed by atoms with Crippen LogP contribution in [-0.4, -0.2) is 42.8 Å². The molecule has 1 saturated heterocycles. The van der Waals surface area contributed by atoms with Crippen molar-refractivity contribution in [2.75, 3.05) is 5.75 Å². The molecule has 5 nitrogen and oxygen atoms in total. The van der Waals surface area contributed by atoms with Crippen LogP contribution < -0.4 is 0 Å². The lowest BCUT2D eigenvalue weighted by Gasteiger charge is -2.32. The highest BCUT2D eigenvalue weighted by atomic mass is 32.2. The summed E-state index contributed by atoms with van der Waals surface area (Å²) >= 11 is 0. The van der Waals surface area contributed by atoms with Gasteiger partial charge in [0.15, 0.2) is 9.84 Å². The van der Waals surface area contributed by atoms with E-state index in [1.807, 2.05) is 56.3 Å². The molecule has 0 saturated carbocycles. The van der Waals surface area contributed by atoms with Crippen molar-refractivity contribution in [3.05, 3.63) is 76.9 Å². The molecule has 0 aromatic heterocycles. The molecule has 0 bridgehead atoms. The normalized spacial score (nSPS) is 23.0. The molecule has 2 atom stereocenters. The third-order valence-corrected chi connectivity index (χ3v) is 8.37. The van der Waals surface area contributed by atoms with Crippen molar-refractivity contribution >= 4 is 28.6 Å². The van der Waals surface area contributed by atoms with Crippen LogP contribution in [0, 0.1) is 5.92 Å². The van der Waals surface area contributed by atoms with Crippen LogP contribution in [0.4, 0.5) is 0 Å². The number of aromatic hydroxyl groups is 1. The maximum atomic E-state index is 12.8. The highest BCUT2D eigenvalue weighted by Gasteiger charge is 2.48. The van der Waals surface area contributed by atoms with Crippen LogP contribution in [0.1, 0.15) is 37.8 Å². The van der Waals surface area contributed by atoms with Crippen LogP contribution >= 0.6 is 0 Å². The zero-order valence-electron chi connectivity index (χ0n) is 18.4. The van der Waals surface area contributed by atoms with Gasteiger partial charge in [0.2, 0.25) is 0 Å². The quantitative estimate of drug-likeness (QED) is 0.387. The summed E-state index contributed by atoms with van der Waals surface area (Å²) in [6.07, 6.45) is 3.00. The molecule has 1 fully saturated rings. The average Bonchev–Trinajstić information content (AvgIpc) is 3.04. The number of phenols is 1. The van der Waals surface area contributed by atoms with Crippen molar-refractivity contribution in [1.82, 2.24) is 0 Å². The second-order valence-corrected chi connectivity index (χ2v) is 11.1. The number of sulfone groups is 1. The minimum atomic E-state index is -3.30. The summed E-state index contributed by atoms with van der Waals surface area (Å²) in [4.78, 5) is 0. The molecule has 2 aromatic rings. The molecular formula is C25H29BO5S. The first kappa shape index (κ1) is 22.8. The second-order valence-electron chi connectivity index (χ2n) is 8.91. The molecule has 168 valence electrons. The molecule has 0 amide bonds. The van der Waals surface area contributed by atoms with Gasteiger partial charge in [-0.15, -0.1) is 0 Å². The van der Waals surface area contributed by atoms with Crippen molar-refractivity contribution in [2.24, 2.45) is 5.92 Å². The Balaban J connectivity index is 1.65. The maximum absolute atomic E-state index is 12.8. The molecule has 0 radical (unpaired) electrons. The lowest BCUT2D eigenvalue weighted by atomic mass is 9.73. The van der Waals surface area contributed by atoms with Gasteiger partial charge in [-0.3, -0.25) is 0 Å². The number of phenolic OH excluding ortho intramolecular Hbond substituents is 1. The lowest BCUT2D eigenvalue weighted by molar-refractivity contribution is 0.170. The number of benzene rings is 2. The van der Waals surface area contributed by atoms with Gasteiger partial charge in [0.05, 0.1) is 17.1 Å². The first-order valence-corrected chi connectivity index (χ1v) is 12.8. The van der Waals surface area contributed by atoms with E-state index >= 15 is 0 Å². The van der Waals surface area contributed by atoms with Crippen LogP contribution in [0.15, 0.2) is 65.7 Å². The first-order valence-electron chi connectivity index (χ1n) is 11.1. The van der Waals surface area contributed by atoms with Gasteiger partial charge in [0.25, 0.3) is 0 Å². The smallest absolute Gasteiger partial charge is 0.456 e. The Morgan fingerprint density at radius 3 is 2.50 bits per heavy atom. The van der Waals surface area contributed by atoms with Crippen molar-refractivity contribution < 1.29 is 23.2 Å². The summed E-state index contributed by atoms with van der Waals surface area (Å²) in [7, 11) is -4.38. The molecule has 0 aliphatic carbocycles. The van der Waals surface area contributed by atoms with Crippen LogP contribution in [-0.2, 0) is 14.5 Å². The van der Waals surface area contributed by atoms with Gasteiger partial charge in [-0.25, -0.2) is 8.42 Å². The third-order valence-electron chi connectivity index (χ3n) is 6.34. The molecule has 4 rings (SSSR count). The maximum Gasteiger partial charge on any atom is 0.456 e. The standard InChI is InChI=1S/C25H29BO5S/c1-17(2)22-16-32(29,30)24-15-26(28)31-23(25(22)24)13-10-20(19-6-4-3-5-7-19)14-18-8-11-21(27)12-9-18/h3-9,11-12,14,17,23-24,27-28H,10,13,15-16H2,1-2H3/b20-14-/t23-,24+/m1/s1. The van der Waals surface area contributed by atoms with Gasteiger partial charge in [0, 0.05) is 6.32 Å². The van der Waals surface area contributed by atoms with E-state index in [-0.39, 0.29) is 23.7 Å². The summed E-state index contributed by atoms with van der Waals surface area (Å²) < 4.78 is 31.5. The van der Waals surface area contributed by atoms with Gasteiger partial charge >= 0.3 is 7.12 Å². The van der Waals surface area contributed by atoms with E-state index in [2.05, 4.69) is 6.08 Å². The van der Waals surface area contributed by atoms with Crippen molar-refractivity contribution in [1.29, 1.82) is 0 Å². The SMILES string of the molecule is CC(C)C1=C2[C@@H](CC/C(=C/c3ccc(O)cc3)c3ccccc3)OB(O)C[C@@H]2S(=O)(=O)C1. The molecule has 7 heteroatoms. The number of fused-ring (bicyclic) bond motifs is 1. The molecule has 2 aliphatic rings. The van der Waals surface area contributed by atoms with Crippen molar-refractivity contribution in [3.63, 3.8) is 0 Å². The van der Waals surface area contributed by atoms with E-state index in [1.165, 1.54) is 0 Å². The fourth-order valence-electron chi connectivity index (χ4n) is 4.72. The average molecular weight is 452 g/mol. The summed E-state index contributed by atoms with van der Waals surface area (Å²) in [5, 5.41) is 19.2. The Labute approximate surface area is 190 Å². The lowest BCUT2D eigenvalue weighted by Crippen LogP contribution is -2.42. The van der Waals surface area contributed by atoms with Gasteiger partial charge in [-0.2, -0.15) is 0 Å². The van der Waals surface area contributed by atoms with Gasteiger partial charge in [0.1, 0.15) is 5.75 Å². The highest BCUT2D eigenvalue weighted by molar-refractivity contribution is 7.92. The van der Waals surface area contributed by atoms with Crippen molar-refractivity contribution in [3.8, 4) is 5.75 Å². The molecule has 0 spiro atoms. The zero-order chi connectivity index (χ0) is 22.9. The molecular weight excluding hydrogens is 423 g/mol. The Bertz CT molecular complexity index is 1120. The van der Waals surface area contributed by atoms with E-state index in [0.717, 1.165) is 27.8 Å². The summed E-state index contributed by atoms with van der Waals surface area (Å²) in [5.74, 6) is 0.397. The number of rotatable bonds is 6. The third kappa shape index (κ3) is 4.85. The first-order chi connectivity index (χ1) is 15.2. The van der Waals surface area contributed by atoms with Crippen LogP contribution in [0.5, 0.6) is 5.75 Å². The fraction of sp³-hybridized carbons (Fsp3) is 0.360. The summed E-state index contributed by atoms with van der Waals surface area (Å²) in [6.45, 7) is 4.03. The van der Waals surface area contributed by atoms with Crippen LogP contribution in [0.25, 0.3) is 11.6 Å². The fourth-order valence-corrected chi connectivity index (χ4v) is 7.01. The van der Waals surface area contributed by atoms with E-state index in [9.17, 15) is 18.5 Å². The Morgan fingerprint density at radius 1 is 1.16 bits per heavy atom. The molecule has 2 heterocycles. The second kappa shape index (κ2) is 9.26. The van der Waals surface area contributed by atoms with Gasteiger partial charge in [-0.1, -0.05) is 62.4 Å². The van der Waals surface area contributed by atoms with Gasteiger partial charge in [-0.05, 0) is 58.7 Å². The van der Waals surface area contributed by atoms with E-state index < -0.39 is 28.3 Å². The topological polar surface area (TPSA) is 83.8 Å². The summed E-state index contributed by atoms with van der Waals surface area (Å²) in [6, 6.07) is 17.1. The predicted octanol–water partition coefficient (Wildman–Crippen LogP) is 4.34. The minimum Gasteiger partial charge on any atom is -0.508 e. The Morgan fingerprint density at radius 2 is 1.84 bits per heavy atom. The number of allylic oxidation sites excluding steroid dienone is 1. The molecule has 2 aliphatic heterocycles. The molecule has 0 unspecified atom stereocenters.